The SMILES string of the molecule is CC#CCC(O)c1cc2cccc(Br)c2o1. The molecule has 2 nitrogen and oxygen atoms in total. The molecule has 1 heterocycles. The van der Waals surface area contributed by atoms with E-state index in [0.717, 1.165) is 15.4 Å². The Morgan fingerprint density at radius 2 is 2.31 bits per heavy atom. The summed E-state index contributed by atoms with van der Waals surface area (Å²) in [6, 6.07) is 7.64. The Hall–Kier alpha value is -1.24. The molecule has 0 radical (unpaired) electrons. The zero-order chi connectivity index (χ0) is 11.5. The molecule has 82 valence electrons. The Morgan fingerprint density at radius 1 is 1.50 bits per heavy atom. The van der Waals surface area contributed by atoms with Gasteiger partial charge in [0.05, 0.1) is 4.47 Å². The minimum atomic E-state index is -0.660. The Labute approximate surface area is 102 Å². The zero-order valence-electron chi connectivity index (χ0n) is 8.83. The fourth-order valence-corrected chi connectivity index (χ4v) is 1.97. The molecule has 3 heteroatoms. The van der Waals surface area contributed by atoms with E-state index in [0.29, 0.717) is 12.2 Å². The van der Waals surface area contributed by atoms with E-state index in [9.17, 15) is 5.11 Å². The van der Waals surface area contributed by atoms with Crippen molar-refractivity contribution in [1.82, 2.24) is 0 Å². The first kappa shape index (κ1) is 11.3. The quantitative estimate of drug-likeness (QED) is 0.851. The molecule has 0 aliphatic carbocycles. The normalized spacial score (nSPS) is 12.2. The smallest absolute Gasteiger partial charge is 0.148 e. The maximum absolute atomic E-state index is 9.83. The van der Waals surface area contributed by atoms with E-state index in [2.05, 4.69) is 27.8 Å². The van der Waals surface area contributed by atoms with Crippen LogP contribution in [0.15, 0.2) is 33.2 Å². The maximum Gasteiger partial charge on any atom is 0.148 e. The lowest BCUT2D eigenvalue weighted by molar-refractivity contribution is 0.157. The van der Waals surface area contributed by atoms with E-state index >= 15 is 0 Å². The number of para-hydroxylation sites is 1. The average Bonchev–Trinajstić information content (AvgIpc) is 2.71. The predicted octanol–water partition coefficient (Wildman–Crippen LogP) is 3.64. The zero-order valence-corrected chi connectivity index (χ0v) is 10.4. The van der Waals surface area contributed by atoms with Gasteiger partial charge in [0, 0.05) is 11.8 Å². The summed E-state index contributed by atoms with van der Waals surface area (Å²) in [5.74, 6) is 6.15. The van der Waals surface area contributed by atoms with Gasteiger partial charge in [-0.05, 0) is 35.0 Å². The van der Waals surface area contributed by atoms with Crippen molar-refractivity contribution in [1.29, 1.82) is 0 Å². The highest BCUT2D eigenvalue weighted by Gasteiger charge is 2.13. The third-order valence-electron chi connectivity index (χ3n) is 2.32. The van der Waals surface area contributed by atoms with Gasteiger partial charge in [0.1, 0.15) is 17.4 Å². The molecule has 1 aromatic heterocycles. The number of rotatable bonds is 2. The number of furan rings is 1. The minimum absolute atomic E-state index is 0.397. The van der Waals surface area contributed by atoms with Gasteiger partial charge in [0.15, 0.2) is 0 Å². The third-order valence-corrected chi connectivity index (χ3v) is 2.94. The highest BCUT2D eigenvalue weighted by molar-refractivity contribution is 9.10. The van der Waals surface area contributed by atoms with Crippen LogP contribution >= 0.6 is 15.9 Å². The van der Waals surface area contributed by atoms with Crippen LogP contribution in [0, 0.1) is 11.8 Å². The summed E-state index contributed by atoms with van der Waals surface area (Å²) in [4.78, 5) is 0. The van der Waals surface area contributed by atoms with Crippen LogP contribution in [0.4, 0.5) is 0 Å². The van der Waals surface area contributed by atoms with Crippen LogP contribution in [-0.2, 0) is 0 Å². The van der Waals surface area contributed by atoms with E-state index in [1.807, 2.05) is 24.3 Å². The Morgan fingerprint density at radius 3 is 3.00 bits per heavy atom. The second kappa shape index (κ2) is 4.73. The molecule has 1 N–H and O–H groups in total. The number of fused-ring (bicyclic) bond motifs is 1. The van der Waals surface area contributed by atoms with Crippen LogP contribution in [0.3, 0.4) is 0 Å². The first-order chi connectivity index (χ1) is 7.72. The lowest BCUT2D eigenvalue weighted by Gasteiger charge is -2.01. The summed E-state index contributed by atoms with van der Waals surface area (Å²) in [6.45, 7) is 1.75. The summed E-state index contributed by atoms with van der Waals surface area (Å²) < 4.78 is 6.49. The second-order valence-electron chi connectivity index (χ2n) is 3.45. The predicted molar refractivity (Wildman–Crippen MR) is 66.9 cm³/mol. The molecule has 0 spiro atoms. The van der Waals surface area contributed by atoms with Crippen molar-refractivity contribution in [3.63, 3.8) is 0 Å². The summed E-state index contributed by atoms with van der Waals surface area (Å²) >= 11 is 3.41. The van der Waals surface area contributed by atoms with E-state index in [-0.39, 0.29) is 0 Å². The number of halogens is 1. The molecule has 2 aromatic rings. The molecule has 0 fully saturated rings. The highest BCUT2D eigenvalue weighted by Crippen LogP contribution is 2.30. The lowest BCUT2D eigenvalue weighted by atomic mass is 10.2. The maximum atomic E-state index is 9.83. The van der Waals surface area contributed by atoms with Gasteiger partial charge in [0.2, 0.25) is 0 Å². The van der Waals surface area contributed by atoms with Crippen LogP contribution in [0.2, 0.25) is 0 Å². The number of benzene rings is 1. The van der Waals surface area contributed by atoms with E-state index in [1.54, 1.807) is 6.92 Å². The van der Waals surface area contributed by atoms with Crippen molar-refractivity contribution in [2.75, 3.05) is 0 Å². The molecule has 0 bridgehead atoms. The van der Waals surface area contributed by atoms with Crippen LogP contribution in [0.1, 0.15) is 25.2 Å². The van der Waals surface area contributed by atoms with Gasteiger partial charge in [-0.25, -0.2) is 0 Å². The molecular formula is C13H11BrO2. The topological polar surface area (TPSA) is 33.4 Å². The molecule has 2 rings (SSSR count). The van der Waals surface area contributed by atoms with Gasteiger partial charge in [-0.2, -0.15) is 0 Å². The van der Waals surface area contributed by atoms with E-state index in [1.165, 1.54) is 0 Å². The molecule has 16 heavy (non-hydrogen) atoms. The second-order valence-corrected chi connectivity index (χ2v) is 4.31. The van der Waals surface area contributed by atoms with Crippen molar-refractivity contribution < 1.29 is 9.52 Å². The van der Waals surface area contributed by atoms with Crippen molar-refractivity contribution in [2.45, 2.75) is 19.4 Å². The van der Waals surface area contributed by atoms with Gasteiger partial charge in [0.25, 0.3) is 0 Å². The van der Waals surface area contributed by atoms with Crippen LogP contribution in [0.25, 0.3) is 11.0 Å². The number of hydrogen-bond donors (Lipinski definition) is 1. The van der Waals surface area contributed by atoms with Gasteiger partial charge >= 0.3 is 0 Å². The molecule has 0 saturated heterocycles. The summed E-state index contributed by atoms with van der Waals surface area (Å²) in [5.41, 5.74) is 0.765. The fourth-order valence-electron chi connectivity index (χ4n) is 1.51. The largest absolute Gasteiger partial charge is 0.457 e. The van der Waals surface area contributed by atoms with Crippen molar-refractivity contribution in [2.24, 2.45) is 0 Å². The van der Waals surface area contributed by atoms with Crippen LogP contribution in [0.5, 0.6) is 0 Å². The van der Waals surface area contributed by atoms with E-state index in [4.69, 9.17) is 4.42 Å². The minimum Gasteiger partial charge on any atom is -0.457 e. The first-order valence-corrected chi connectivity index (χ1v) is 5.77. The van der Waals surface area contributed by atoms with Crippen molar-refractivity contribution in [3.8, 4) is 11.8 Å². The third kappa shape index (κ3) is 2.13. The molecule has 0 saturated carbocycles. The molecule has 1 atom stereocenters. The van der Waals surface area contributed by atoms with Crippen molar-refractivity contribution >= 4 is 26.9 Å². The van der Waals surface area contributed by atoms with E-state index < -0.39 is 6.10 Å². The summed E-state index contributed by atoms with van der Waals surface area (Å²) in [7, 11) is 0. The Kier molecular flexibility index (Phi) is 3.33. The van der Waals surface area contributed by atoms with Gasteiger partial charge < -0.3 is 9.52 Å². The first-order valence-electron chi connectivity index (χ1n) is 4.98. The monoisotopic (exact) mass is 278 g/mol. The van der Waals surface area contributed by atoms with Crippen molar-refractivity contribution in [3.05, 3.63) is 34.5 Å². The highest BCUT2D eigenvalue weighted by atomic mass is 79.9. The number of hydrogen-bond acceptors (Lipinski definition) is 2. The Balaban J connectivity index is 2.38. The fraction of sp³-hybridized carbons (Fsp3) is 0.231. The molecule has 1 unspecified atom stereocenters. The van der Waals surface area contributed by atoms with Crippen LogP contribution in [-0.4, -0.2) is 5.11 Å². The van der Waals surface area contributed by atoms with Crippen LogP contribution < -0.4 is 0 Å². The number of aliphatic hydroxyl groups excluding tert-OH is 1. The standard InChI is InChI=1S/C13H11BrO2/c1-2-3-7-11(15)12-8-9-5-4-6-10(14)13(9)16-12/h4-6,8,11,15H,7H2,1H3. The van der Waals surface area contributed by atoms with Gasteiger partial charge in [-0.3, -0.25) is 0 Å². The summed E-state index contributed by atoms with van der Waals surface area (Å²) in [5, 5.41) is 10.8. The molecule has 0 aliphatic rings. The van der Waals surface area contributed by atoms with Gasteiger partial charge in [-0.15, -0.1) is 11.8 Å². The number of aliphatic hydroxyl groups is 1. The average molecular weight is 279 g/mol. The lowest BCUT2D eigenvalue weighted by Crippen LogP contribution is -1.92. The molecular weight excluding hydrogens is 268 g/mol. The molecule has 0 aliphatic heterocycles. The summed E-state index contributed by atoms with van der Waals surface area (Å²) in [6.07, 6.45) is -0.264. The Bertz CT molecular complexity index is 560. The van der Waals surface area contributed by atoms with Gasteiger partial charge in [-0.1, -0.05) is 12.1 Å². The molecule has 0 amide bonds. The molecule has 1 aromatic carbocycles.